The van der Waals surface area contributed by atoms with E-state index in [2.05, 4.69) is 36.2 Å². The van der Waals surface area contributed by atoms with Gasteiger partial charge in [0.2, 0.25) is 0 Å². The van der Waals surface area contributed by atoms with Gasteiger partial charge < -0.3 is 4.98 Å². The van der Waals surface area contributed by atoms with Crippen molar-refractivity contribution < 1.29 is 0 Å². The third kappa shape index (κ3) is 2.57. The maximum absolute atomic E-state index is 13.0. The predicted octanol–water partition coefficient (Wildman–Crippen LogP) is 4.77. The van der Waals surface area contributed by atoms with E-state index in [-0.39, 0.29) is 5.56 Å². The second-order valence-electron chi connectivity index (χ2n) is 7.79. The Morgan fingerprint density at radius 2 is 1.86 bits per heavy atom. The largest absolute Gasteiger partial charge is 0.303 e. The molecule has 1 N–H and O–H groups in total. The fourth-order valence-corrected chi connectivity index (χ4v) is 4.57. The van der Waals surface area contributed by atoms with E-state index in [1.165, 1.54) is 23.8 Å². The van der Waals surface area contributed by atoms with E-state index in [0.29, 0.717) is 17.3 Å². The monoisotopic (exact) mass is 372 g/mol. The Hall–Kier alpha value is -2.95. The normalized spacial score (nSPS) is 15.1. The summed E-state index contributed by atoms with van der Waals surface area (Å²) in [6, 6.07) is 12.4. The molecular weight excluding hydrogens is 348 g/mol. The number of nitrogens with zero attached hydrogens (tertiary/aromatic N) is 3. The van der Waals surface area contributed by atoms with Crippen LogP contribution in [0.4, 0.5) is 0 Å². The summed E-state index contributed by atoms with van der Waals surface area (Å²) in [5.74, 6) is 1.95. The van der Waals surface area contributed by atoms with E-state index in [1.54, 1.807) is 0 Å². The zero-order valence-electron chi connectivity index (χ0n) is 16.3. The van der Waals surface area contributed by atoms with Crippen molar-refractivity contribution in [1.82, 2.24) is 19.6 Å². The molecule has 1 aliphatic rings. The number of benzene rings is 2. The van der Waals surface area contributed by atoms with Gasteiger partial charge in [-0.05, 0) is 42.5 Å². The van der Waals surface area contributed by atoms with E-state index in [4.69, 9.17) is 10.1 Å². The number of imidazole rings is 1. The molecule has 5 rings (SSSR count). The van der Waals surface area contributed by atoms with Crippen LogP contribution in [0.5, 0.6) is 0 Å². The van der Waals surface area contributed by atoms with Crippen LogP contribution < -0.4 is 5.56 Å². The summed E-state index contributed by atoms with van der Waals surface area (Å²) in [4.78, 5) is 20.9. The SMILES string of the molecule is CCc1nc(C2CCCC2)n2nc(-c3ccc(C)c4ccccc34)[nH]c(=O)c12. The van der Waals surface area contributed by atoms with Gasteiger partial charge in [-0.3, -0.25) is 4.79 Å². The molecule has 1 aliphatic carbocycles. The second-order valence-corrected chi connectivity index (χ2v) is 7.79. The lowest BCUT2D eigenvalue weighted by Gasteiger charge is -2.11. The first kappa shape index (κ1) is 17.2. The van der Waals surface area contributed by atoms with Gasteiger partial charge in [0.05, 0.1) is 5.69 Å². The van der Waals surface area contributed by atoms with E-state index in [9.17, 15) is 4.79 Å². The first-order valence-corrected chi connectivity index (χ1v) is 10.2. The van der Waals surface area contributed by atoms with Gasteiger partial charge in [-0.1, -0.05) is 56.2 Å². The average Bonchev–Trinajstić information content (AvgIpc) is 3.36. The first-order chi connectivity index (χ1) is 13.7. The second kappa shape index (κ2) is 6.59. The number of rotatable bonds is 3. The Kier molecular flexibility index (Phi) is 4.04. The number of nitrogens with one attached hydrogen (secondary N) is 1. The average molecular weight is 372 g/mol. The fraction of sp³-hybridized carbons (Fsp3) is 0.348. The molecule has 0 aliphatic heterocycles. The molecule has 0 spiro atoms. The lowest BCUT2D eigenvalue weighted by atomic mass is 10.00. The minimum Gasteiger partial charge on any atom is -0.303 e. The molecular formula is C23H24N4O. The summed E-state index contributed by atoms with van der Waals surface area (Å²) in [6.45, 7) is 4.15. The van der Waals surface area contributed by atoms with E-state index >= 15 is 0 Å². The molecule has 0 saturated heterocycles. The summed E-state index contributed by atoms with van der Waals surface area (Å²) in [7, 11) is 0. The maximum Gasteiger partial charge on any atom is 0.277 e. The standard InChI is InChI=1S/C23H24N4O/c1-3-19-20-23(28)25-21(26-27(20)22(24-19)15-8-4-5-9-15)18-13-12-14(2)16-10-6-7-11-17(16)18/h6-7,10-13,15H,3-5,8-9H2,1-2H3,(H,25,26,28). The third-order valence-electron chi connectivity index (χ3n) is 6.05. The summed E-state index contributed by atoms with van der Waals surface area (Å²) < 4.78 is 1.83. The Bertz CT molecular complexity index is 1240. The third-order valence-corrected chi connectivity index (χ3v) is 6.05. The Morgan fingerprint density at radius 1 is 1.11 bits per heavy atom. The van der Waals surface area contributed by atoms with Crippen molar-refractivity contribution >= 4 is 16.3 Å². The van der Waals surface area contributed by atoms with Crippen LogP contribution in [0, 0.1) is 6.92 Å². The minimum atomic E-state index is -0.108. The van der Waals surface area contributed by atoms with Crippen LogP contribution in [-0.2, 0) is 6.42 Å². The number of aromatic nitrogens is 4. The Balaban J connectivity index is 1.79. The number of hydrogen-bond donors (Lipinski definition) is 1. The molecule has 1 fully saturated rings. The highest BCUT2D eigenvalue weighted by atomic mass is 16.1. The molecule has 0 bridgehead atoms. The lowest BCUT2D eigenvalue weighted by Crippen LogP contribution is -2.16. The highest BCUT2D eigenvalue weighted by Gasteiger charge is 2.25. The van der Waals surface area contributed by atoms with Gasteiger partial charge in [0, 0.05) is 11.5 Å². The number of fused-ring (bicyclic) bond motifs is 2. The molecule has 142 valence electrons. The van der Waals surface area contributed by atoms with Gasteiger partial charge >= 0.3 is 0 Å². The Labute approximate surface area is 163 Å². The van der Waals surface area contributed by atoms with Gasteiger partial charge in [-0.25, -0.2) is 9.50 Å². The van der Waals surface area contributed by atoms with Gasteiger partial charge in [0.25, 0.3) is 5.56 Å². The van der Waals surface area contributed by atoms with Crippen LogP contribution in [-0.4, -0.2) is 19.6 Å². The molecule has 1 saturated carbocycles. The molecule has 5 nitrogen and oxygen atoms in total. The van der Waals surface area contributed by atoms with Crippen molar-refractivity contribution in [3.8, 4) is 11.4 Å². The smallest absolute Gasteiger partial charge is 0.277 e. The van der Waals surface area contributed by atoms with Crippen LogP contribution in [0.15, 0.2) is 41.2 Å². The Morgan fingerprint density at radius 3 is 2.61 bits per heavy atom. The minimum absolute atomic E-state index is 0.108. The van der Waals surface area contributed by atoms with E-state index < -0.39 is 0 Å². The predicted molar refractivity (Wildman–Crippen MR) is 112 cm³/mol. The van der Waals surface area contributed by atoms with Crippen molar-refractivity contribution in [3.63, 3.8) is 0 Å². The van der Waals surface area contributed by atoms with Crippen molar-refractivity contribution in [2.45, 2.75) is 51.9 Å². The molecule has 0 amide bonds. The zero-order valence-corrected chi connectivity index (χ0v) is 16.3. The van der Waals surface area contributed by atoms with Gasteiger partial charge in [-0.2, -0.15) is 0 Å². The van der Waals surface area contributed by atoms with Crippen LogP contribution in [0.25, 0.3) is 27.7 Å². The van der Waals surface area contributed by atoms with Crippen LogP contribution in [0.3, 0.4) is 0 Å². The van der Waals surface area contributed by atoms with Crippen LogP contribution in [0.2, 0.25) is 0 Å². The number of hydrogen-bond acceptors (Lipinski definition) is 3. The number of H-pyrrole nitrogens is 1. The van der Waals surface area contributed by atoms with Crippen molar-refractivity contribution in [2.24, 2.45) is 0 Å². The zero-order chi connectivity index (χ0) is 19.3. The lowest BCUT2D eigenvalue weighted by molar-refractivity contribution is 0.639. The van der Waals surface area contributed by atoms with Crippen molar-refractivity contribution in [2.75, 3.05) is 0 Å². The molecule has 0 radical (unpaired) electrons. The molecule has 2 aromatic heterocycles. The fourth-order valence-electron chi connectivity index (χ4n) is 4.57. The molecule has 0 atom stereocenters. The van der Waals surface area contributed by atoms with Gasteiger partial charge in [0.1, 0.15) is 5.82 Å². The first-order valence-electron chi connectivity index (χ1n) is 10.2. The summed E-state index contributed by atoms with van der Waals surface area (Å²) in [6.07, 6.45) is 5.42. The maximum atomic E-state index is 13.0. The summed E-state index contributed by atoms with van der Waals surface area (Å²) in [5.41, 5.74) is 3.50. The van der Waals surface area contributed by atoms with E-state index in [0.717, 1.165) is 41.7 Å². The molecule has 2 aromatic carbocycles. The molecule has 28 heavy (non-hydrogen) atoms. The molecule has 0 unspecified atom stereocenters. The highest BCUT2D eigenvalue weighted by molar-refractivity contribution is 5.97. The van der Waals surface area contributed by atoms with Crippen molar-refractivity contribution in [1.29, 1.82) is 0 Å². The highest BCUT2D eigenvalue weighted by Crippen LogP contribution is 2.34. The summed E-state index contributed by atoms with van der Waals surface area (Å²) in [5, 5.41) is 7.18. The van der Waals surface area contributed by atoms with Gasteiger partial charge in [-0.15, -0.1) is 5.10 Å². The van der Waals surface area contributed by atoms with Crippen molar-refractivity contribution in [3.05, 3.63) is 63.8 Å². The number of aryl methyl sites for hydroxylation is 2. The molecule has 5 heteroatoms. The molecule has 4 aromatic rings. The summed E-state index contributed by atoms with van der Waals surface area (Å²) >= 11 is 0. The van der Waals surface area contributed by atoms with Gasteiger partial charge in [0.15, 0.2) is 11.3 Å². The molecule has 2 heterocycles. The van der Waals surface area contributed by atoms with Crippen LogP contribution >= 0.6 is 0 Å². The quantitative estimate of drug-likeness (QED) is 0.564. The number of aromatic amines is 1. The van der Waals surface area contributed by atoms with E-state index in [1.807, 2.05) is 23.6 Å². The topological polar surface area (TPSA) is 63.1 Å². The van der Waals surface area contributed by atoms with Crippen LogP contribution in [0.1, 0.15) is 55.6 Å².